The van der Waals surface area contributed by atoms with Crippen LogP contribution < -0.4 is 0 Å². The molecule has 2 rings (SSSR count). The van der Waals surface area contributed by atoms with Gasteiger partial charge in [0.25, 0.3) is 0 Å². The average molecular weight is 220 g/mol. The van der Waals surface area contributed by atoms with Crippen molar-refractivity contribution in [1.82, 2.24) is 0 Å². The maximum atomic E-state index is 10.2. The second kappa shape index (κ2) is 4.56. The highest BCUT2D eigenvalue weighted by Crippen LogP contribution is 2.38. The first-order valence-corrected chi connectivity index (χ1v) is 5.99. The predicted molar refractivity (Wildman–Crippen MR) is 64.1 cm³/mol. The Kier molecular flexibility index (Phi) is 3.31. The average Bonchev–Trinajstić information content (AvgIpc) is 2.32. The van der Waals surface area contributed by atoms with Crippen molar-refractivity contribution in [2.24, 2.45) is 11.8 Å². The molecule has 1 saturated heterocycles. The second-order valence-electron chi connectivity index (χ2n) is 4.88. The fourth-order valence-corrected chi connectivity index (χ4v) is 2.44. The number of hydrogen-bond donors (Lipinski definition) is 1. The molecule has 2 nitrogen and oxygen atoms in total. The van der Waals surface area contributed by atoms with Crippen LogP contribution in [-0.2, 0) is 4.74 Å². The first-order valence-electron chi connectivity index (χ1n) is 5.99. The van der Waals surface area contributed by atoms with E-state index in [4.69, 9.17) is 4.74 Å². The summed E-state index contributed by atoms with van der Waals surface area (Å²) in [6.07, 6.45) is -0.159. The zero-order chi connectivity index (χ0) is 11.7. The van der Waals surface area contributed by atoms with Gasteiger partial charge in [-0.25, -0.2) is 0 Å². The highest BCUT2D eigenvalue weighted by Gasteiger charge is 2.38. The first-order chi connectivity index (χ1) is 7.61. The van der Waals surface area contributed by atoms with Crippen LogP contribution in [0, 0.1) is 11.8 Å². The molecule has 0 amide bonds. The fraction of sp³-hybridized carbons (Fsp3) is 0.571. The predicted octanol–water partition coefficient (Wildman–Crippen LogP) is 2.78. The molecule has 0 spiro atoms. The van der Waals surface area contributed by atoms with Gasteiger partial charge in [-0.05, 0) is 12.5 Å². The molecule has 0 unspecified atom stereocenters. The summed E-state index contributed by atoms with van der Waals surface area (Å²) >= 11 is 0. The van der Waals surface area contributed by atoms with Crippen LogP contribution in [0.1, 0.15) is 32.4 Å². The molecule has 0 radical (unpaired) electrons. The third-order valence-corrected chi connectivity index (χ3v) is 3.78. The normalized spacial score (nSPS) is 39.6. The van der Waals surface area contributed by atoms with Crippen molar-refractivity contribution in [3.05, 3.63) is 35.9 Å². The molecule has 5 atom stereocenters. The Morgan fingerprint density at radius 2 is 1.62 bits per heavy atom. The fourth-order valence-electron chi connectivity index (χ4n) is 2.44. The van der Waals surface area contributed by atoms with E-state index in [1.54, 1.807) is 0 Å². The summed E-state index contributed by atoms with van der Waals surface area (Å²) in [4.78, 5) is 0. The van der Waals surface area contributed by atoms with Gasteiger partial charge in [0, 0.05) is 11.8 Å². The molecule has 0 aromatic heterocycles. The van der Waals surface area contributed by atoms with Crippen molar-refractivity contribution in [2.45, 2.75) is 39.1 Å². The van der Waals surface area contributed by atoms with E-state index in [1.165, 1.54) is 0 Å². The summed E-state index contributed by atoms with van der Waals surface area (Å²) in [5, 5.41) is 10.2. The van der Waals surface area contributed by atoms with Crippen molar-refractivity contribution in [1.29, 1.82) is 0 Å². The number of benzene rings is 1. The van der Waals surface area contributed by atoms with Crippen LogP contribution in [0.3, 0.4) is 0 Å². The van der Waals surface area contributed by atoms with Gasteiger partial charge in [-0.1, -0.05) is 44.2 Å². The topological polar surface area (TPSA) is 29.5 Å². The number of aliphatic hydroxyl groups is 1. The van der Waals surface area contributed by atoms with Crippen LogP contribution in [0.4, 0.5) is 0 Å². The van der Waals surface area contributed by atoms with Crippen LogP contribution in [0.15, 0.2) is 30.3 Å². The van der Waals surface area contributed by atoms with Gasteiger partial charge < -0.3 is 9.84 Å². The third kappa shape index (κ3) is 2.00. The second-order valence-corrected chi connectivity index (χ2v) is 4.88. The van der Waals surface area contributed by atoms with E-state index >= 15 is 0 Å². The molecule has 1 fully saturated rings. The molecule has 1 aliphatic heterocycles. The van der Waals surface area contributed by atoms with Crippen molar-refractivity contribution >= 4 is 0 Å². The molecule has 0 aliphatic carbocycles. The number of aliphatic hydroxyl groups excluding tert-OH is 1. The molecular weight excluding hydrogens is 200 g/mol. The third-order valence-electron chi connectivity index (χ3n) is 3.78. The Labute approximate surface area is 97.3 Å². The molecule has 0 bridgehead atoms. The minimum absolute atomic E-state index is 0.0161. The summed E-state index contributed by atoms with van der Waals surface area (Å²) in [5.41, 5.74) is 1.16. The summed E-state index contributed by atoms with van der Waals surface area (Å²) in [5.74, 6) is 0.351. The van der Waals surface area contributed by atoms with Crippen LogP contribution in [-0.4, -0.2) is 17.3 Å². The summed E-state index contributed by atoms with van der Waals surface area (Å²) in [7, 11) is 0. The maximum absolute atomic E-state index is 10.2. The highest BCUT2D eigenvalue weighted by atomic mass is 16.5. The van der Waals surface area contributed by atoms with Crippen molar-refractivity contribution in [3.63, 3.8) is 0 Å². The lowest BCUT2D eigenvalue weighted by Crippen LogP contribution is -2.43. The first kappa shape index (κ1) is 11.6. The van der Waals surface area contributed by atoms with E-state index in [0.717, 1.165) is 5.56 Å². The summed E-state index contributed by atoms with van der Waals surface area (Å²) in [6, 6.07) is 10.2. The molecule has 1 aliphatic rings. The van der Waals surface area contributed by atoms with E-state index in [9.17, 15) is 5.11 Å². The van der Waals surface area contributed by atoms with Crippen molar-refractivity contribution < 1.29 is 9.84 Å². The molecule has 1 N–H and O–H groups in total. The highest BCUT2D eigenvalue weighted by molar-refractivity contribution is 5.19. The van der Waals surface area contributed by atoms with Gasteiger partial charge in [0.2, 0.25) is 0 Å². The smallest absolute Gasteiger partial charge is 0.0878 e. The lowest BCUT2D eigenvalue weighted by atomic mass is 9.81. The van der Waals surface area contributed by atoms with Gasteiger partial charge in [-0.2, -0.15) is 0 Å². The van der Waals surface area contributed by atoms with Crippen molar-refractivity contribution in [2.75, 3.05) is 0 Å². The standard InChI is InChI=1S/C14H20O2/c1-9-11(3)16-14(10(2)13(9)15)12-7-5-4-6-8-12/h4-11,13-15H,1-3H3/t9-,10+,11-,13+,14-/m0/s1. The van der Waals surface area contributed by atoms with Crippen LogP contribution >= 0.6 is 0 Å². The van der Waals surface area contributed by atoms with Gasteiger partial charge in [0.05, 0.1) is 18.3 Å². The van der Waals surface area contributed by atoms with E-state index in [1.807, 2.05) is 32.0 Å². The Morgan fingerprint density at radius 3 is 2.25 bits per heavy atom. The quantitative estimate of drug-likeness (QED) is 0.788. The van der Waals surface area contributed by atoms with Gasteiger partial charge in [0.15, 0.2) is 0 Å². The Balaban J connectivity index is 2.23. The molecular formula is C14H20O2. The van der Waals surface area contributed by atoms with Crippen LogP contribution in [0.25, 0.3) is 0 Å². The minimum atomic E-state index is -0.283. The Bertz CT molecular complexity index is 336. The molecule has 1 aromatic carbocycles. The molecule has 1 heterocycles. The minimum Gasteiger partial charge on any atom is -0.392 e. The lowest BCUT2D eigenvalue weighted by molar-refractivity contribution is -0.159. The Morgan fingerprint density at radius 1 is 1.00 bits per heavy atom. The van der Waals surface area contributed by atoms with Gasteiger partial charge in [0.1, 0.15) is 0 Å². The van der Waals surface area contributed by atoms with Gasteiger partial charge in [-0.15, -0.1) is 0 Å². The summed E-state index contributed by atoms with van der Waals surface area (Å²) in [6.45, 7) is 6.15. The van der Waals surface area contributed by atoms with Crippen LogP contribution in [0.2, 0.25) is 0 Å². The SMILES string of the molecule is C[C@@H]1[C@@H](O)[C@@H](C)[C@@H](c2ccccc2)O[C@H]1C. The maximum Gasteiger partial charge on any atom is 0.0878 e. The van der Waals surface area contributed by atoms with Gasteiger partial charge in [-0.3, -0.25) is 0 Å². The Hall–Kier alpha value is -0.860. The van der Waals surface area contributed by atoms with Crippen molar-refractivity contribution in [3.8, 4) is 0 Å². The number of rotatable bonds is 1. The molecule has 2 heteroatoms. The van der Waals surface area contributed by atoms with E-state index in [0.29, 0.717) is 0 Å². The number of hydrogen-bond acceptors (Lipinski definition) is 2. The zero-order valence-corrected chi connectivity index (χ0v) is 10.1. The van der Waals surface area contributed by atoms with E-state index in [2.05, 4.69) is 19.1 Å². The monoisotopic (exact) mass is 220 g/mol. The van der Waals surface area contributed by atoms with Gasteiger partial charge >= 0.3 is 0 Å². The molecule has 1 aromatic rings. The number of ether oxygens (including phenoxy) is 1. The zero-order valence-electron chi connectivity index (χ0n) is 10.1. The lowest BCUT2D eigenvalue weighted by Gasteiger charge is -2.41. The molecule has 16 heavy (non-hydrogen) atoms. The van der Waals surface area contributed by atoms with Crippen LogP contribution in [0.5, 0.6) is 0 Å². The summed E-state index contributed by atoms with van der Waals surface area (Å²) < 4.78 is 6.01. The largest absolute Gasteiger partial charge is 0.392 e. The molecule has 0 saturated carbocycles. The molecule has 88 valence electrons. The van der Waals surface area contributed by atoms with E-state index in [-0.39, 0.29) is 30.1 Å². The van der Waals surface area contributed by atoms with E-state index < -0.39 is 0 Å².